The largest absolute Gasteiger partial charge is 0.345 e. The molecule has 1 aromatic carbocycles. The highest BCUT2D eigenvalue weighted by molar-refractivity contribution is 7.22. The van der Waals surface area contributed by atoms with Gasteiger partial charge in [0.05, 0.1) is 4.70 Å². The van der Waals surface area contributed by atoms with Crippen molar-refractivity contribution in [2.75, 3.05) is 31.1 Å². The zero-order chi connectivity index (χ0) is 15.3. The highest BCUT2D eigenvalue weighted by Gasteiger charge is 2.34. The Morgan fingerprint density at radius 2 is 1.91 bits per heavy atom. The van der Waals surface area contributed by atoms with E-state index in [0.29, 0.717) is 36.0 Å². The number of nitrogens with zero attached hydrogens (tertiary/aromatic N) is 3. The van der Waals surface area contributed by atoms with Crippen LogP contribution in [0.5, 0.6) is 0 Å². The van der Waals surface area contributed by atoms with E-state index in [1.54, 1.807) is 0 Å². The molecule has 1 aliphatic carbocycles. The summed E-state index contributed by atoms with van der Waals surface area (Å²) in [5.41, 5.74) is 0.220. The lowest BCUT2D eigenvalue weighted by Gasteiger charge is -2.34. The number of benzene rings is 1. The molecule has 1 amide bonds. The number of fused-ring (bicyclic) bond motifs is 1. The minimum absolute atomic E-state index is 0.220. The third kappa shape index (κ3) is 2.43. The van der Waals surface area contributed by atoms with Crippen molar-refractivity contribution in [1.82, 2.24) is 9.88 Å². The normalized spacial score (nSPS) is 19.0. The van der Waals surface area contributed by atoms with Crippen LogP contribution in [0.15, 0.2) is 12.1 Å². The van der Waals surface area contributed by atoms with Gasteiger partial charge in [-0.2, -0.15) is 0 Å². The summed E-state index contributed by atoms with van der Waals surface area (Å²) in [4.78, 5) is 20.3. The average Bonchev–Trinajstić information content (AvgIpc) is 3.26. The predicted molar refractivity (Wildman–Crippen MR) is 81.1 cm³/mol. The Balaban J connectivity index is 1.51. The minimum Gasteiger partial charge on any atom is -0.345 e. The number of hydrogen-bond donors (Lipinski definition) is 0. The monoisotopic (exact) mass is 323 g/mol. The SMILES string of the molecule is O=C(C1CC1)N1CCN(c2nc3c(F)cc(F)cc3s2)CC1. The van der Waals surface area contributed by atoms with Crippen LogP contribution in [0.2, 0.25) is 0 Å². The van der Waals surface area contributed by atoms with E-state index in [1.807, 2.05) is 9.80 Å². The average molecular weight is 323 g/mol. The minimum atomic E-state index is -0.625. The maximum Gasteiger partial charge on any atom is 0.225 e. The maximum absolute atomic E-state index is 13.7. The number of amides is 1. The van der Waals surface area contributed by atoms with Crippen LogP contribution in [0.4, 0.5) is 13.9 Å². The van der Waals surface area contributed by atoms with Crippen molar-refractivity contribution in [3.63, 3.8) is 0 Å². The highest BCUT2D eigenvalue weighted by atomic mass is 32.1. The first-order chi connectivity index (χ1) is 10.6. The van der Waals surface area contributed by atoms with Gasteiger partial charge in [0.2, 0.25) is 5.91 Å². The summed E-state index contributed by atoms with van der Waals surface area (Å²) in [5, 5.41) is 0.693. The fraction of sp³-hybridized carbons (Fsp3) is 0.467. The zero-order valence-corrected chi connectivity index (χ0v) is 12.7. The number of thiazole rings is 1. The van der Waals surface area contributed by atoms with Crippen molar-refractivity contribution >= 4 is 32.6 Å². The second-order valence-corrected chi connectivity index (χ2v) is 6.83. The first-order valence-corrected chi connectivity index (χ1v) is 8.23. The van der Waals surface area contributed by atoms with E-state index in [4.69, 9.17) is 0 Å². The summed E-state index contributed by atoms with van der Waals surface area (Å²) in [6, 6.07) is 2.17. The molecule has 22 heavy (non-hydrogen) atoms. The molecule has 1 saturated heterocycles. The van der Waals surface area contributed by atoms with E-state index in [2.05, 4.69) is 4.98 Å². The molecular formula is C15H15F2N3OS. The zero-order valence-electron chi connectivity index (χ0n) is 11.9. The summed E-state index contributed by atoms with van der Waals surface area (Å²) in [6.07, 6.45) is 2.03. The van der Waals surface area contributed by atoms with Crippen molar-refractivity contribution in [2.24, 2.45) is 5.92 Å². The van der Waals surface area contributed by atoms with Crippen LogP contribution in [0.25, 0.3) is 10.2 Å². The molecule has 4 nitrogen and oxygen atoms in total. The van der Waals surface area contributed by atoms with Gasteiger partial charge in [0.15, 0.2) is 10.9 Å². The van der Waals surface area contributed by atoms with Gasteiger partial charge in [-0.25, -0.2) is 13.8 Å². The molecular weight excluding hydrogens is 308 g/mol. The van der Waals surface area contributed by atoms with Crippen LogP contribution in [0, 0.1) is 17.6 Å². The fourth-order valence-electron chi connectivity index (χ4n) is 2.79. The molecule has 4 rings (SSSR count). The Labute approximate surface area is 130 Å². The molecule has 0 unspecified atom stereocenters. The van der Waals surface area contributed by atoms with E-state index in [-0.39, 0.29) is 17.3 Å². The molecule has 1 aromatic heterocycles. The number of carbonyl (C=O) groups is 1. The van der Waals surface area contributed by atoms with Gasteiger partial charge in [-0.05, 0) is 18.9 Å². The fourth-order valence-corrected chi connectivity index (χ4v) is 3.84. The van der Waals surface area contributed by atoms with Crippen LogP contribution in [-0.2, 0) is 4.79 Å². The summed E-state index contributed by atoms with van der Waals surface area (Å²) < 4.78 is 27.5. The van der Waals surface area contributed by atoms with Crippen LogP contribution in [-0.4, -0.2) is 42.0 Å². The van der Waals surface area contributed by atoms with Crippen molar-refractivity contribution in [2.45, 2.75) is 12.8 Å². The molecule has 0 N–H and O–H groups in total. The third-order valence-electron chi connectivity index (χ3n) is 4.19. The lowest BCUT2D eigenvalue weighted by molar-refractivity contribution is -0.132. The molecule has 1 saturated carbocycles. The van der Waals surface area contributed by atoms with Gasteiger partial charge in [-0.1, -0.05) is 11.3 Å². The number of hydrogen-bond acceptors (Lipinski definition) is 4. The van der Waals surface area contributed by atoms with E-state index < -0.39 is 11.6 Å². The van der Waals surface area contributed by atoms with Crippen LogP contribution >= 0.6 is 11.3 Å². The summed E-state index contributed by atoms with van der Waals surface area (Å²) >= 11 is 1.29. The van der Waals surface area contributed by atoms with Gasteiger partial charge in [0.1, 0.15) is 11.3 Å². The molecule has 0 spiro atoms. The number of halogens is 2. The van der Waals surface area contributed by atoms with Gasteiger partial charge >= 0.3 is 0 Å². The van der Waals surface area contributed by atoms with Crippen LogP contribution in [0.3, 0.4) is 0 Å². The highest BCUT2D eigenvalue weighted by Crippen LogP contribution is 2.33. The Bertz CT molecular complexity index is 736. The molecule has 2 aliphatic rings. The number of piperazine rings is 1. The number of carbonyl (C=O) groups excluding carboxylic acids is 1. The second-order valence-electron chi connectivity index (χ2n) is 5.82. The molecule has 2 heterocycles. The first kappa shape index (κ1) is 13.9. The molecule has 2 fully saturated rings. The number of anilines is 1. The third-order valence-corrected chi connectivity index (χ3v) is 5.25. The molecule has 2 aromatic rings. The molecule has 0 bridgehead atoms. The van der Waals surface area contributed by atoms with Gasteiger partial charge in [-0.3, -0.25) is 4.79 Å². The van der Waals surface area contributed by atoms with E-state index >= 15 is 0 Å². The van der Waals surface area contributed by atoms with Crippen molar-refractivity contribution < 1.29 is 13.6 Å². The van der Waals surface area contributed by atoms with Gasteiger partial charge in [0.25, 0.3) is 0 Å². The Morgan fingerprint density at radius 1 is 1.18 bits per heavy atom. The Kier molecular flexibility index (Phi) is 3.25. The Morgan fingerprint density at radius 3 is 2.59 bits per heavy atom. The summed E-state index contributed by atoms with van der Waals surface area (Å²) in [5.74, 6) is -0.705. The van der Waals surface area contributed by atoms with Gasteiger partial charge in [-0.15, -0.1) is 0 Å². The first-order valence-electron chi connectivity index (χ1n) is 7.41. The summed E-state index contributed by atoms with van der Waals surface area (Å²) in [7, 11) is 0. The predicted octanol–water partition coefficient (Wildman–Crippen LogP) is 2.63. The molecule has 0 atom stereocenters. The van der Waals surface area contributed by atoms with Crippen molar-refractivity contribution in [3.05, 3.63) is 23.8 Å². The lowest BCUT2D eigenvalue weighted by Crippen LogP contribution is -2.49. The summed E-state index contributed by atoms with van der Waals surface area (Å²) in [6.45, 7) is 2.70. The molecule has 116 valence electrons. The second kappa shape index (κ2) is 5.15. The maximum atomic E-state index is 13.7. The van der Waals surface area contributed by atoms with Gasteiger partial charge < -0.3 is 9.80 Å². The standard InChI is InChI=1S/C15H15F2N3OS/c16-10-7-11(17)13-12(8-10)22-15(18-13)20-5-3-19(4-6-20)14(21)9-1-2-9/h7-9H,1-6H2. The van der Waals surface area contributed by atoms with Crippen LogP contribution in [0.1, 0.15) is 12.8 Å². The van der Waals surface area contributed by atoms with E-state index in [1.165, 1.54) is 17.4 Å². The van der Waals surface area contributed by atoms with E-state index in [0.717, 1.165) is 18.9 Å². The topological polar surface area (TPSA) is 36.4 Å². The van der Waals surface area contributed by atoms with Crippen LogP contribution < -0.4 is 4.90 Å². The van der Waals surface area contributed by atoms with Gasteiger partial charge in [0, 0.05) is 38.2 Å². The molecule has 0 radical (unpaired) electrons. The smallest absolute Gasteiger partial charge is 0.225 e. The number of rotatable bonds is 2. The van der Waals surface area contributed by atoms with E-state index in [9.17, 15) is 13.6 Å². The quantitative estimate of drug-likeness (QED) is 0.852. The molecule has 7 heteroatoms. The number of aromatic nitrogens is 1. The molecule has 1 aliphatic heterocycles. The Hall–Kier alpha value is -1.76. The lowest BCUT2D eigenvalue weighted by atomic mass is 10.3. The van der Waals surface area contributed by atoms with Crippen molar-refractivity contribution in [1.29, 1.82) is 0 Å². The van der Waals surface area contributed by atoms with Crippen molar-refractivity contribution in [3.8, 4) is 0 Å².